The summed E-state index contributed by atoms with van der Waals surface area (Å²) in [6.45, 7) is 2.53. The van der Waals surface area contributed by atoms with Crippen LogP contribution in [0.4, 0.5) is 5.13 Å². The molecule has 3 rings (SSSR count). The van der Waals surface area contributed by atoms with Crippen LogP contribution in [0.1, 0.15) is 30.3 Å². The number of carbonyl (C=O) groups is 1. The third kappa shape index (κ3) is 4.16. The number of nitrogens with zero attached hydrogens (tertiary/aromatic N) is 4. The Hall–Kier alpha value is -2.87. The third-order valence-electron chi connectivity index (χ3n) is 3.47. The summed E-state index contributed by atoms with van der Waals surface area (Å²) in [4.78, 5) is 32.7. The van der Waals surface area contributed by atoms with E-state index in [2.05, 4.69) is 20.4 Å². The summed E-state index contributed by atoms with van der Waals surface area (Å²) in [5.41, 5.74) is 1.41. The predicted molar refractivity (Wildman–Crippen MR) is 96.7 cm³/mol. The quantitative estimate of drug-likeness (QED) is 0.734. The van der Waals surface area contributed by atoms with E-state index in [1.807, 2.05) is 30.5 Å². The molecular formula is C17H17N5O2S. The van der Waals surface area contributed by atoms with Crippen molar-refractivity contribution in [2.45, 2.75) is 26.3 Å². The molecule has 7 nitrogen and oxygen atoms in total. The highest BCUT2D eigenvalue weighted by molar-refractivity contribution is 7.14. The van der Waals surface area contributed by atoms with E-state index in [1.165, 1.54) is 28.2 Å². The molecule has 1 N–H and O–H groups in total. The number of anilines is 1. The average molecular weight is 355 g/mol. The summed E-state index contributed by atoms with van der Waals surface area (Å²) in [5.74, 6) is -0.396. The van der Waals surface area contributed by atoms with E-state index in [0.717, 1.165) is 18.5 Å². The highest BCUT2D eigenvalue weighted by atomic mass is 32.1. The second kappa shape index (κ2) is 7.80. The van der Waals surface area contributed by atoms with Crippen LogP contribution in [0.2, 0.25) is 0 Å². The zero-order valence-electron chi connectivity index (χ0n) is 13.7. The van der Waals surface area contributed by atoms with Crippen molar-refractivity contribution in [3.8, 4) is 11.4 Å². The molecule has 1 amide bonds. The van der Waals surface area contributed by atoms with Crippen LogP contribution in [0.5, 0.6) is 0 Å². The molecule has 0 spiro atoms. The van der Waals surface area contributed by atoms with Gasteiger partial charge in [-0.1, -0.05) is 19.4 Å². The number of thiazole rings is 1. The third-order valence-corrected chi connectivity index (χ3v) is 4.23. The van der Waals surface area contributed by atoms with Crippen molar-refractivity contribution in [1.29, 1.82) is 0 Å². The lowest BCUT2D eigenvalue weighted by atomic mass is 10.3. The molecule has 0 unspecified atom stereocenters. The van der Waals surface area contributed by atoms with Crippen LogP contribution in [0.15, 0.2) is 46.7 Å². The number of rotatable bonds is 6. The summed E-state index contributed by atoms with van der Waals surface area (Å²) in [5, 5.41) is 9.13. The van der Waals surface area contributed by atoms with Crippen molar-refractivity contribution < 1.29 is 4.79 Å². The number of hydrogen-bond donors (Lipinski definition) is 1. The molecule has 3 heterocycles. The van der Waals surface area contributed by atoms with Gasteiger partial charge in [0.25, 0.3) is 11.5 Å². The second-order valence-corrected chi connectivity index (χ2v) is 6.20. The molecule has 25 heavy (non-hydrogen) atoms. The molecule has 0 atom stereocenters. The van der Waals surface area contributed by atoms with Crippen molar-refractivity contribution in [3.05, 3.63) is 58.0 Å². The Morgan fingerprint density at radius 3 is 2.88 bits per heavy atom. The molecule has 0 fully saturated rings. The van der Waals surface area contributed by atoms with Gasteiger partial charge in [0.15, 0.2) is 5.13 Å². The predicted octanol–water partition coefficient (Wildman–Crippen LogP) is 2.81. The number of aryl methyl sites for hydroxylation is 1. The van der Waals surface area contributed by atoms with Crippen molar-refractivity contribution in [2.24, 2.45) is 0 Å². The Labute approximate surface area is 148 Å². The summed E-state index contributed by atoms with van der Waals surface area (Å²) in [6, 6.07) is 8.35. The minimum Gasteiger partial charge on any atom is -0.296 e. The Balaban J connectivity index is 1.74. The first kappa shape index (κ1) is 17.0. The smallest absolute Gasteiger partial charge is 0.277 e. The van der Waals surface area contributed by atoms with E-state index < -0.39 is 5.91 Å². The molecule has 3 aromatic heterocycles. The highest BCUT2D eigenvalue weighted by Gasteiger charge is 2.13. The van der Waals surface area contributed by atoms with Gasteiger partial charge >= 0.3 is 0 Å². The summed E-state index contributed by atoms with van der Waals surface area (Å²) in [7, 11) is 0. The van der Waals surface area contributed by atoms with Crippen molar-refractivity contribution >= 4 is 22.4 Å². The topological polar surface area (TPSA) is 89.8 Å². The van der Waals surface area contributed by atoms with Crippen LogP contribution in [-0.4, -0.2) is 25.7 Å². The van der Waals surface area contributed by atoms with E-state index >= 15 is 0 Å². The standard InChI is InChI=1S/C17H17N5O2S/c1-2-3-10-22-15(23)8-7-13(21-22)16(24)20-17-19-14(11-25-17)12-6-4-5-9-18-12/h4-9,11H,2-3,10H2,1H3,(H,19,20,24). The minimum absolute atomic E-state index is 0.185. The summed E-state index contributed by atoms with van der Waals surface area (Å²) >= 11 is 1.31. The summed E-state index contributed by atoms with van der Waals surface area (Å²) in [6.07, 6.45) is 3.47. The number of nitrogens with one attached hydrogen (secondary N) is 1. The largest absolute Gasteiger partial charge is 0.296 e. The lowest BCUT2D eigenvalue weighted by Crippen LogP contribution is -2.26. The molecular weight excluding hydrogens is 338 g/mol. The van der Waals surface area contributed by atoms with E-state index in [-0.39, 0.29) is 11.3 Å². The number of amides is 1. The number of carbonyl (C=O) groups excluding carboxylic acids is 1. The number of aromatic nitrogens is 4. The molecule has 3 aromatic rings. The molecule has 0 saturated heterocycles. The number of pyridine rings is 1. The molecule has 0 radical (unpaired) electrons. The summed E-state index contributed by atoms with van der Waals surface area (Å²) < 4.78 is 1.32. The average Bonchev–Trinajstić information content (AvgIpc) is 3.10. The van der Waals surface area contributed by atoms with Crippen molar-refractivity contribution in [3.63, 3.8) is 0 Å². The fraction of sp³-hybridized carbons (Fsp3) is 0.235. The van der Waals surface area contributed by atoms with Crippen LogP contribution in [0.3, 0.4) is 0 Å². The Morgan fingerprint density at radius 1 is 1.24 bits per heavy atom. The molecule has 8 heteroatoms. The number of hydrogen-bond acceptors (Lipinski definition) is 6. The first-order valence-corrected chi connectivity index (χ1v) is 8.82. The fourth-order valence-corrected chi connectivity index (χ4v) is 2.86. The second-order valence-electron chi connectivity index (χ2n) is 5.34. The molecule has 0 aromatic carbocycles. The van der Waals surface area contributed by atoms with Gasteiger partial charge in [-0.15, -0.1) is 11.3 Å². The van der Waals surface area contributed by atoms with Gasteiger partial charge in [0.1, 0.15) is 11.4 Å². The molecule has 128 valence electrons. The van der Waals surface area contributed by atoms with Crippen LogP contribution >= 0.6 is 11.3 Å². The zero-order chi connectivity index (χ0) is 17.6. The van der Waals surface area contributed by atoms with Gasteiger partial charge in [0.2, 0.25) is 0 Å². The van der Waals surface area contributed by atoms with Gasteiger partial charge in [0, 0.05) is 24.2 Å². The van der Waals surface area contributed by atoms with E-state index in [0.29, 0.717) is 17.4 Å². The maximum atomic E-state index is 12.4. The van der Waals surface area contributed by atoms with Crippen molar-refractivity contribution in [2.75, 3.05) is 5.32 Å². The first-order valence-electron chi connectivity index (χ1n) is 7.94. The van der Waals surface area contributed by atoms with Crippen LogP contribution in [-0.2, 0) is 6.54 Å². The fourth-order valence-electron chi connectivity index (χ4n) is 2.16. The lowest BCUT2D eigenvalue weighted by molar-refractivity contribution is 0.101. The first-order chi connectivity index (χ1) is 12.2. The SMILES string of the molecule is CCCCn1nc(C(=O)Nc2nc(-c3ccccn3)cs2)ccc1=O. The van der Waals surface area contributed by atoms with Gasteiger partial charge < -0.3 is 0 Å². The van der Waals surface area contributed by atoms with Gasteiger partial charge in [-0.2, -0.15) is 5.10 Å². The van der Waals surface area contributed by atoms with Crippen LogP contribution in [0.25, 0.3) is 11.4 Å². The molecule has 0 aliphatic heterocycles. The lowest BCUT2D eigenvalue weighted by Gasteiger charge is -2.06. The normalized spacial score (nSPS) is 10.6. The van der Waals surface area contributed by atoms with Crippen LogP contribution < -0.4 is 10.9 Å². The number of unbranched alkanes of at least 4 members (excludes halogenated alkanes) is 1. The van der Waals surface area contributed by atoms with Crippen LogP contribution in [0, 0.1) is 0 Å². The monoisotopic (exact) mass is 355 g/mol. The van der Waals surface area contributed by atoms with Gasteiger partial charge in [0.05, 0.1) is 5.69 Å². The van der Waals surface area contributed by atoms with Gasteiger partial charge in [-0.3, -0.25) is 19.9 Å². The molecule has 0 saturated carbocycles. The van der Waals surface area contributed by atoms with Gasteiger partial charge in [-0.25, -0.2) is 9.67 Å². The maximum absolute atomic E-state index is 12.4. The molecule has 0 bridgehead atoms. The molecule has 0 aliphatic rings. The molecule has 0 aliphatic carbocycles. The highest BCUT2D eigenvalue weighted by Crippen LogP contribution is 2.23. The van der Waals surface area contributed by atoms with Crippen molar-refractivity contribution in [1.82, 2.24) is 19.7 Å². The Bertz CT molecular complexity index is 920. The minimum atomic E-state index is -0.396. The zero-order valence-corrected chi connectivity index (χ0v) is 14.5. The maximum Gasteiger partial charge on any atom is 0.277 e. The van der Waals surface area contributed by atoms with E-state index in [1.54, 1.807) is 6.20 Å². The van der Waals surface area contributed by atoms with E-state index in [4.69, 9.17) is 0 Å². The Kier molecular flexibility index (Phi) is 5.30. The Morgan fingerprint density at radius 2 is 2.12 bits per heavy atom. The van der Waals surface area contributed by atoms with E-state index in [9.17, 15) is 9.59 Å². The van der Waals surface area contributed by atoms with Gasteiger partial charge in [-0.05, 0) is 24.6 Å².